The first-order valence-corrected chi connectivity index (χ1v) is 10.3. The molecule has 2 N–H and O–H groups in total. The first-order chi connectivity index (χ1) is 14.7. The molecule has 0 radical (unpaired) electrons. The molecule has 2 unspecified atom stereocenters. The van der Waals surface area contributed by atoms with Crippen molar-refractivity contribution in [1.29, 1.82) is 0 Å². The Kier molecular flexibility index (Phi) is 6.57. The van der Waals surface area contributed by atoms with Crippen molar-refractivity contribution in [3.63, 3.8) is 0 Å². The van der Waals surface area contributed by atoms with Crippen LogP contribution < -0.4 is 10.6 Å². The summed E-state index contributed by atoms with van der Waals surface area (Å²) in [5.41, 5.74) is 5.10. The minimum absolute atomic E-state index is 0.120. The van der Waals surface area contributed by atoms with Gasteiger partial charge in [-0.2, -0.15) is 0 Å². The van der Waals surface area contributed by atoms with Gasteiger partial charge in [0.15, 0.2) is 0 Å². The molecule has 0 aromatic heterocycles. The highest BCUT2D eigenvalue weighted by atomic mass is 16.5. The summed E-state index contributed by atoms with van der Waals surface area (Å²) in [7, 11) is 0. The quantitative estimate of drug-likeness (QED) is 0.469. The summed E-state index contributed by atoms with van der Waals surface area (Å²) < 4.78 is 11.5. The molecule has 156 valence electrons. The summed E-state index contributed by atoms with van der Waals surface area (Å²) in [5.74, 6) is -0.629. The van der Waals surface area contributed by atoms with E-state index < -0.39 is 0 Å². The largest absolute Gasteiger partial charge is 0.371 e. The molecule has 2 aliphatic carbocycles. The third-order valence-electron chi connectivity index (χ3n) is 5.44. The maximum atomic E-state index is 11.8. The van der Waals surface area contributed by atoms with Crippen LogP contribution in [0.15, 0.2) is 60.7 Å². The van der Waals surface area contributed by atoms with Gasteiger partial charge in [0, 0.05) is 38.1 Å². The van der Waals surface area contributed by atoms with E-state index in [0.29, 0.717) is 26.3 Å². The van der Waals surface area contributed by atoms with Crippen molar-refractivity contribution in [2.24, 2.45) is 0 Å². The van der Waals surface area contributed by atoms with Gasteiger partial charge in [0.1, 0.15) is 0 Å². The Labute approximate surface area is 176 Å². The zero-order chi connectivity index (χ0) is 20.8. The lowest BCUT2D eigenvalue weighted by Gasteiger charge is -2.29. The molecule has 6 nitrogen and oxygen atoms in total. The van der Waals surface area contributed by atoms with Gasteiger partial charge in [-0.25, -0.2) is 0 Å². The second-order valence-corrected chi connectivity index (χ2v) is 7.44. The van der Waals surface area contributed by atoms with Crippen molar-refractivity contribution in [2.75, 3.05) is 26.3 Å². The minimum Gasteiger partial charge on any atom is -0.371 e. The number of fused-ring (bicyclic) bond motifs is 2. The maximum absolute atomic E-state index is 11.8. The van der Waals surface area contributed by atoms with E-state index >= 15 is 0 Å². The van der Waals surface area contributed by atoms with Gasteiger partial charge in [-0.05, 0) is 22.3 Å². The van der Waals surface area contributed by atoms with Gasteiger partial charge in [0.05, 0.1) is 25.4 Å². The predicted molar refractivity (Wildman–Crippen MR) is 113 cm³/mol. The number of nitrogens with one attached hydrogen (secondary N) is 2. The van der Waals surface area contributed by atoms with Crippen LogP contribution in [0.3, 0.4) is 0 Å². The van der Waals surface area contributed by atoms with Crippen LogP contribution in [-0.2, 0) is 31.9 Å². The molecule has 0 fully saturated rings. The molecule has 4 rings (SSSR count). The predicted octanol–water partition coefficient (Wildman–Crippen LogP) is 2.40. The molecule has 2 atom stereocenters. The van der Waals surface area contributed by atoms with Crippen LogP contribution >= 0.6 is 0 Å². The van der Waals surface area contributed by atoms with Crippen LogP contribution in [0, 0.1) is 0 Å². The van der Waals surface area contributed by atoms with Gasteiger partial charge >= 0.3 is 0 Å². The number of benzene rings is 2. The summed E-state index contributed by atoms with van der Waals surface area (Å²) in [6.07, 6.45) is 4.54. The van der Waals surface area contributed by atoms with Crippen molar-refractivity contribution in [3.8, 4) is 0 Å². The van der Waals surface area contributed by atoms with Gasteiger partial charge in [0.25, 0.3) is 0 Å². The molecule has 2 amide bonds. The number of carbonyl (C=O) groups excluding carboxylic acids is 2. The third kappa shape index (κ3) is 4.96. The summed E-state index contributed by atoms with van der Waals surface area (Å²) in [4.78, 5) is 23.6. The first kappa shape index (κ1) is 20.3. The van der Waals surface area contributed by atoms with E-state index in [0.717, 1.165) is 12.8 Å². The lowest BCUT2D eigenvalue weighted by Crippen LogP contribution is -2.30. The van der Waals surface area contributed by atoms with Crippen LogP contribution in [0.1, 0.15) is 34.5 Å². The van der Waals surface area contributed by atoms with Crippen LogP contribution in [0.2, 0.25) is 0 Å². The Balaban J connectivity index is 1.04. The normalized spacial score (nSPS) is 18.7. The van der Waals surface area contributed by atoms with Crippen LogP contribution in [0.25, 0.3) is 0 Å². The van der Waals surface area contributed by atoms with Crippen molar-refractivity contribution >= 4 is 11.8 Å². The van der Waals surface area contributed by atoms with Crippen molar-refractivity contribution in [2.45, 2.75) is 25.0 Å². The summed E-state index contributed by atoms with van der Waals surface area (Å²) in [6.45, 7) is 1.68. The molecular formula is C24H26N2O4. The Bertz CT molecular complexity index is 865. The van der Waals surface area contributed by atoms with Gasteiger partial charge in [-0.3, -0.25) is 9.59 Å². The zero-order valence-electron chi connectivity index (χ0n) is 16.8. The fourth-order valence-electron chi connectivity index (χ4n) is 3.74. The molecule has 2 aromatic carbocycles. The van der Waals surface area contributed by atoms with E-state index in [2.05, 4.69) is 34.9 Å². The van der Waals surface area contributed by atoms with E-state index in [-0.39, 0.29) is 24.0 Å². The Morgan fingerprint density at radius 3 is 1.63 bits per heavy atom. The topological polar surface area (TPSA) is 76.7 Å². The molecule has 30 heavy (non-hydrogen) atoms. The Hall–Kier alpha value is -2.96. The smallest absolute Gasteiger partial charge is 0.244 e. The lowest BCUT2D eigenvalue weighted by atomic mass is 9.85. The van der Waals surface area contributed by atoms with Crippen molar-refractivity contribution in [3.05, 3.63) is 82.9 Å². The molecular weight excluding hydrogens is 380 g/mol. The SMILES string of the molecule is O=C(/C=C\C(=O)NCCOC1Cc2ccccc21)NCCOC1Cc2ccccc21. The highest BCUT2D eigenvalue weighted by Crippen LogP contribution is 2.36. The molecule has 0 heterocycles. The Morgan fingerprint density at radius 1 is 0.767 bits per heavy atom. The summed E-state index contributed by atoms with van der Waals surface area (Å²) in [5, 5.41) is 5.43. The van der Waals surface area contributed by atoms with E-state index in [4.69, 9.17) is 9.47 Å². The van der Waals surface area contributed by atoms with Crippen molar-refractivity contribution in [1.82, 2.24) is 10.6 Å². The van der Waals surface area contributed by atoms with E-state index in [1.165, 1.54) is 34.4 Å². The minimum atomic E-state index is -0.315. The number of rotatable bonds is 10. The summed E-state index contributed by atoms with van der Waals surface area (Å²) >= 11 is 0. The molecule has 0 spiro atoms. The van der Waals surface area contributed by atoms with Crippen LogP contribution in [0.5, 0.6) is 0 Å². The second kappa shape index (κ2) is 9.69. The lowest BCUT2D eigenvalue weighted by molar-refractivity contribution is -0.119. The summed E-state index contributed by atoms with van der Waals surface area (Å²) in [6, 6.07) is 16.4. The van der Waals surface area contributed by atoms with E-state index in [1.54, 1.807) is 0 Å². The number of carbonyl (C=O) groups is 2. The average Bonchev–Trinajstić information content (AvgIpc) is 2.72. The first-order valence-electron chi connectivity index (χ1n) is 10.3. The fourth-order valence-corrected chi connectivity index (χ4v) is 3.74. The van der Waals surface area contributed by atoms with Gasteiger partial charge in [-0.15, -0.1) is 0 Å². The molecule has 2 aromatic rings. The average molecular weight is 406 g/mol. The molecule has 0 saturated heterocycles. The number of hydrogen-bond donors (Lipinski definition) is 2. The van der Waals surface area contributed by atoms with E-state index in [9.17, 15) is 9.59 Å². The molecule has 0 aliphatic heterocycles. The monoisotopic (exact) mass is 406 g/mol. The maximum Gasteiger partial charge on any atom is 0.244 e. The molecule has 2 aliphatic rings. The standard InChI is InChI=1S/C24H26N2O4/c27-23(25-11-13-29-21-15-17-5-1-3-7-19(17)21)9-10-24(28)26-12-14-30-22-16-18-6-2-4-8-20(18)22/h1-10,21-22H,11-16H2,(H,25,27)(H,26,28)/b10-9-. The second-order valence-electron chi connectivity index (χ2n) is 7.44. The Morgan fingerprint density at radius 2 is 1.20 bits per heavy atom. The number of ether oxygens (including phenoxy) is 2. The molecule has 0 saturated carbocycles. The highest BCUT2D eigenvalue weighted by Gasteiger charge is 2.26. The fraction of sp³-hybridized carbons (Fsp3) is 0.333. The zero-order valence-corrected chi connectivity index (χ0v) is 16.8. The molecule has 6 heteroatoms. The number of hydrogen-bond acceptors (Lipinski definition) is 4. The van der Waals surface area contributed by atoms with Gasteiger partial charge in [-0.1, -0.05) is 48.5 Å². The van der Waals surface area contributed by atoms with E-state index in [1.807, 2.05) is 24.3 Å². The van der Waals surface area contributed by atoms with Gasteiger partial charge < -0.3 is 20.1 Å². The molecule has 0 bridgehead atoms. The van der Waals surface area contributed by atoms with Crippen LogP contribution in [-0.4, -0.2) is 38.1 Å². The van der Waals surface area contributed by atoms with Crippen LogP contribution in [0.4, 0.5) is 0 Å². The van der Waals surface area contributed by atoms with Crippen molar-refractivity contribution < 1.29 is 19.1 Å². The number of amides is 2. The third-order valence-corrected chi connectivity index (χ3v) is 5.44. The highest BCUT2D eigenvalue weighted by molar-refractivity contribution is 5.96. The van der Waals surface area contributed by atoms with Gasteiger partial charge in [0.2, 0.25) is 11.8 Å².